The number of hydrogen-bond donors (Lipinski definition) is 1. The number of benzene rings is 2. The Morgan fingerprint density at radius 3 is 2.61 bits per heavy atom. The number of aliphatic hydroxyl groups excluding tert-OH is 1. The van der Waals surface area contributed by atoms with E-state index in [0.717, 1.165) is 22.4 Å². The average Bonchev–Trinajstić information content (AvgIpc) is 2.51. The molecule has 2 aromatic carbocycles. The van der Waals surface area contributed by atoms with Crippen LogP contribution in [0.1, 0.15) is 33.9 Å². The largest absolute Gasteiger partial charge is 0.488 e. The minimum absolute atomic E-state index is 0.517. The Hall–Kier alpha value is -1.80. The Bertz CT molecular complexity index is 602. The van der Waals surface area contributed by atoms with Crippen molar-refractivity contribution >= 4 is 0 Å². The maximum absolute atomic E-state index is 10.5. The van der Waals surface area contributed by atoms with Crippen molar-refractivity contribution < 1.29 is 9.84 Å². The van der Waals surface area contributed by atoms with Gasteiger partial charge >= 0.3 is 0 Å². The van der Waals surface area contributed by atoms with Crippen LogP contribution in [0.4, 0.5) is 0 Å². The summed E-state index contributed by atoms with van der Waals surface area (Å²) in [5, 5.41) is 10.5. The molecule has 92 valence electrons. The summed E-state index contributed by atoms with van der Waals surface area (Å²) in [5.74, 6) is 0.793. The molecular weight excluding hydrogens is 224 g/mol. The predicted molar refractivity (Wildman–Crippen MR) is 70.8 cm³/mol. The highest BCUT2D eigenvalue weighted by atomic mass is 16.5. The molecule has 1 atom stereocenters. The van der Waals surface area contributed by atoms with Gasteiger partial charge in [-0.15, -0.1) is 0 Å². The third kappa shape index (κ3) is 1.70. The third-order valence-electron chi connectivity index (χ3n) is 3.65. The maximum Gasteiger partial charge on any atom is 0.126 e. The fourth-order valence-electron chi connectivity index (χ4n) is 2.41. The van der Waals surface area contributed by atoms with E-state index in [1.807, 2.05) is 36.4 Å². The molecule has 0 saturated carbocycles. The van der Waals surface area contributed by atoms with Crippen LogP contribution in [0.25, 0.3) is 0 Å². The summed E-state index contributed by atoms with van der Waals surface area (Å²) >= 11 is 0. The Morgan fingerprint density at radius 2 is 1.78 bits per heavy atom. The van der Waals surface area contributed by atoms with E-state index in [0.29, 0.717) is 6.61 Å². The quantitative estimate of drug-likeness (QED) is 0.765. The molecule has 0 fully saturated rings. The molecule has 2 nitrogen and oxygen atoms in total. The van der Waals surface area contributed by atoms with E-state index in [4.69, 9.17) is 4.74 Å². The molecule has 2 heteroatoms. The molecule has 1 heterocycles. The first-order valence-corrected chi connectivity index (χ1v) is 6.16. The summed E-state index contributed by atoms with van der Waals surface area (Å²) < 4.78 is 5.82. The maximum atomic E-state index is 10.5. The van der Waals surface area contributed by atoms with Gasteiger partial charge < -0.3 is 9.84 Å². The van der Waals surface area contributed by atoms with E-state index in [9.17, 15) is 5.11 Å². The topological polar surface area (TPSA) is 29.5 Å². The molecule has 0 amide bonds. The summed E-state index contributed by atoms with van der Waals surface area (Å²) in [6.07, 6.45) is -0.599. The van der Waals surface area contributed by atoms with Crippen LogP contribution in [-0.2, 0) is 6.61 Å². The van der Waals surface area contributed by atoms with Crippen molar-refractivity contribution in [1.82, 2.24) is 0 Å². The van der Waals surface area contributed by atoms with E-state index >= 15 is 0 Å². The van der Waals surface area contributed by atoms with Crippen LogP contribution in [0.15, 0.2) is 36.4 Å². The second-order valence-electron chi connectivity index (χ2n) is 4.86. The highest BCUT2D eigenvalue weighted by Gasteiger charge is 2.22. The molecule has 0 bridgehead atoms. The molecule has 3 rings (SSSR count). The monoisotopic (exact) mass is 240 g/mol. The van der Waals surface area contributed by atoms with Crippen molar-refractivity contribution in [2.24, 2.45) is 0 Å². The van der Waals surface area contributed by atoms with Crippen LogP contribution >= 0.6 is 0 Å². The van der Waals surface area contributed by atoms with E-state index in [1.54, 1.807) is 0 Å². The summed E-state index contributed by atoms with van der Waals surface area (Å²) in [4.78, 5) is 0. The molecule has 2 aromatic rings. The van der Waals surface area contributed by atoms with Crippen LogP contribution in [0.3, 0.4) is 0 Å². The number of rotatable bonds is 0. The van der Waals surface area contributed by atoms with Gasteiger partial charge in [0, 0.05) is 5.56 Å². The van der Waals surface area contributed by atoms with Crippen molar-refractivity contribution in [2.75, 3.05) is 0 Å². The van der Waals surface area contributed by atoms with Crippen molar-refractivity contribution in [3.63, 3.8) is 0 Å². The van der Waals surface area contributed by atoms with Gasteiger partial charge in [0.2, 0.25) is 0 Å². The van der Waals surface area contributed by atoms with E-state index in [1.165, 1.54) is 11.1 Å². The van der Waals surface area contributed by atoms with Crippen LogP contribution in [0.5, 0.6) is 5.75 Å². The Balaban J connectivity index is 2.19. The molecule has 0 spiro atoms. The van der Waals surface area contributed by atoms with Gasteiger partial charge in [0.25, 0.3) is 0 Å². The zero-order valence-electron chi connectivity index (χ0n) is 10.6. The SMILES string of the molecule is Cc1cc2c(cc1C)C(O)c1ccccc1CO2. The molecule has 18 heavy (non-hydrogen) atoms. The molecule has 1 N–H and O–H groups in total. The Morgan fingerprint density at radius 1 is 1.06 bits per heavy atom. The van der Waals surface area contributed by atoms with Crippen molar-refractivity contribution in [2.45, 2.75) is 26.6 Å². The van der Waals surface area contributed by atoms with Gasteiger partial charge in [-0.25, -0.2) is 0 Å². The lowest BCUT2D eigenvalue weighted by molar-refractivity contribution is 0.218. The number of fused-ring (bicyclic) bond motifs is 2. The van der Waals surface area contributed by atoms with Crippen LogP contribution in [-0.4, -0.2) is 5.11 Å². The van der Waals surface area contributed by atoms with Gasteiger partial charge in [-0.05, 0) is 48.2 Å². The zero-order valence-corrected chi connectivity index (χ0v) is 10.6. The minimum Gasteiger partial charge on any atom is -0.488 e. The highest BCUT2D eigenvalue weighted by molar-refractivity contribution is 5.48. The standard InChI is InChI=1S/C16H16O2/c1-10-7-14-15(8-11(10)2)18-9-12-5-3-4-6-13(12)16(14)17/h3-8,16-17H,9H2,1-2H3. The third-order valence-corrected chi connectivity index (χ3v) is 3.65. The van der Waals surface area contributed by atoms with Gasteiger partial charge in [0.15, 0.2) is 0 Å². The van der Waals surface area contributed by atoms with E-state index < -0.39 is 6.10 Å². The van der Waals surface area contributed by atoms with Crippen molar-refractivity contribution in [3.05, 3.63) is 64.2 Å². The predicted octanol–water partition coefficient (Wildman–Crippen LogP) is 3.28. The minimum atomic E-state index is -0.599. The van der Waals surface area contributed by atoms with Gasteiger partial charge in [-0.3, -0.25) is 0 Å². The van der Waals surface area contributed by atoms with Crippen molar-refractivity contribution in [1.29, 1.82) is 0 Å². The number of aryl methyl sites for hydroxylation is 2. The number of hydrogen-bond acceptors (Lipinski definition) is 2. The molecule has 0 radical (unpaired) electrons. The summed E-state index contributed by atoms with van der Waals surface area (Å²) in [5.41, 5.74) is 5.22. The fourth-order valence-corrected chi connectivity index (χ4v) is 2.41. The molecule has 0 saturated heterocycles. The van der Waals surface area contributed by atoms with Crippen molar-refractivity contribution in [3.8, 4) is 5.75 Å². The molecule has 1 aliphatic rings. The highest BCUT2D eigenvalue weighted by Crippen LogP contribution is 2.37. The summed E-state index contributed by atoms with van der Waals surface area (Å²) in [7, 11) is 0. The lowest BCUT2D eigenvalue weighted by atomic mass is 9.95. The van der Waals surface area contributed by atoms with E-state index in [-0.39, 0.29) is 0 Å². The van der Waals surface area contributed by atoms with Crippen LogP contribution < -0.4 is 4.74 Å². The van der Waals surface area contributed by atoms with Gasteiger partial charge in [0.1, 0.15) is 18.5 Å². The molecule has 1 aliphatic heterocycles. The zero-order chi connectivity index (χ0) is 12.7. The lowest BCUT2D eigenvalue weighted by Crippen LogP contribution is -2.01. The first-order valence-electron chi connectivity index (χ1n) is 6.16. The Kier molecular flexibility index (Phi) is 2.60. The van der Waals surface area contributed by atoms with Gasteiger partial charge in [0.05, 0.1) is 0 Å². The molecule has 0 aliphatic carbocycles. The lowest BCUT2D eigenvalue weighted by Gasteiger charge is -2.14. The number of aliphatic hydroxyl groups is 1. The second-order valence-corrected chi connectivity index (χ2v) is 4.86. The molecule has 1 unspecified atom stereocenters. The van der Waals surface area contributed by atoms with Gasteiger partial charge in [-0.1, -0.05) is 24.3 Å². The van der Waals surface area contributed by atoms with Crippen LogP contribution in [0.2, 0.25) is 0 Å². The Labute approximate surface area is 107 Å². The van der Waals surface area contributed by atoms with Crippen LogP contribution in [0, 0.1) is 13.8 Å². The van der Waals surface area contributed by atoms with Gasteiger partial charge in [-0.2, -0.15) is 0 Å². The smallest absolute Gasteiger partial charge is 0.126 e. The summed E-state index contributed by atoms with van der Waals surface area (Å²) in [6, 6.07) is 11.9. The summed E-state index contributed by atoms with van der Waals surface area (Å²) in [6.45, 7) is 4.63. The second kappa shape index (κ2) is 4.14. The normalized spacial score (nSPS) is 17.4. The average molecular weight is 240 g/mol. The fraction of sp³-hybridized carbons (Fsp3) is 0.250. The molecular formula is C16H16O2. The van der Waals surface area contributed by atoms with E-state index in [2.05, 4.69) is 13.8 Å². The first kappa shape index (κ1) is 11.3. The number of ether oxygens (including phenoxy) is 1. The first-order chi connectivity index (χ1) is 8.66. The molecule has 0 aromatic heterocycles.